The molecule has 3 rings (SSSR count). The maximum Gasteiger partial charge on any atom is 0.185 e. The summed E-state index contributed by atoms with van der Waals surface area (Å²) in [4.78, 5) is 13.5. The van der Waals surface area contributed by atoms with Gasteiger partial charge >= 0.3 is 0 Å². The molecule has 0 amide bonds. The smallest absolute Gasteiger partial charge is 0.185 e. The van der Waals surface area contributed by atoms with Crippen LogP contribution in [0.25, 0.3) is 0 Å². The molecule has 0 atom stereocenters. The molecule has 1 saturated heterocycles. The first-order chi connectivity index (χ1) is 10.3. The van der Waals surface area contributed by atoms with Gasteiger partial charge in [-0.2, -0.15) is 0 Å². The quantitative estimate of drug-likeness (QED) is 0.935. The van der Waals surface area contributed by atoms with Gasteiger partial charge in [0, 0.05) is 50.5 Å². The highest BCUT2D eigenvalue weighted by Crippen LogP contribution is 2.23. The first-order valence-electron chi connectivity index (χ1n) is 6.96. The van der Waals surface area contributed by atoms with E-state index in [-0.39, 0.29) is 0 Å². The molecule has 0 aliphatic carbocycles. The van der Waals surface area contributed by atoms with Crippen molar-refractivity contribution in [3.63, 3.8) is 0 Å². The summed E-state index contributed by atoms with van der Waals surface area (Å²) in [6.45, 7) is 4.60. The van der Waals surface area contributed by atoms with Gasteiger partial charge in [0.05, 0.1) is 5.02 Å². The monoisotopic (exact) mass is 323 g/mol. The highest BCUT2D eigenvalue weighted by molar-refractivity contribution is 7.13. The van der Waals surface area contributed by atoms with Crippen LogP contribution in [0.1, 0.15) is 5.56 Å². The Morgan fingerprint density at radius 2 is 2.00 bits per heavy atom. The van der Waals surface area contributed by atoms with Gasteiger partial charge in [-0.25, -0.2) is 9.97 Å². The molecule has 3 heterocycles. The summed E-state index contributed by atoms with van der Waals surface area (Å²) >= 11 is 7.86. The summed E-state index contributed by atoms with van der Waals surface area (Å²) in [5, 5.41) is 6.98. The predicted octanol–water partition coefficient (Wildman–Crippen LogP) is 2.24. The molecule has 0 spiro atoms. The van der Waals surface area contributed by atoms with Crippen LogP contribution in [0.4, 0.5) is 10.9 Å². The third kappa shape index (κ3) is 3.28. The van der Waals surface area contributed by atoms with Crippen LogP contribution in [-0.4, -0.2) is 43.2 Å². The van der Waals surface area contributed by atoms with Crippen molar-refractivity contribution in [2.24, 2.45) is 0 Å². The van der Waals surface area contributed by atoms with E-state index in [9.17, 15) is 0 Å². The standard InChI is InChI=1S/C14H18ClN5S/c1-16-9-11-8-13(18-10-12(11)15)19-3-5-20(6-4-19)14-17-2-7-21-14/h2,7-8,10,16H,3-6,9H2,1H3. The molecule has 0 radical (unpaired) electrons. The highest BCUT2D eigenvalue weighted by atomic mass is 35.5. The van der Waals surface area contributed by atoms with E-state index in [0.29, 0.717) is 0 Å². The second-order valence-electron chi connectivity index (χ2n) is 4.95. The third-order valence-corrected chi connectivity index (χ3v) is 4.75. The number of anilines is 2. The summed E-state index contributed by atoms with van der Waals surface area (Å²) < 4.78 is 0. The molecular weight excluding hydrogens is 306 g/mol. The Labute approximate surface area is 133 Å². The fraction of sp³-hybridized carbons (Fsp3) is 0.429. The first-order valence-corrected chi connectivity index (χ1v) is 8.22. The number of halogens is 1. The molecule has 7 heteroatoms. The summed E-state index contributed by atoms with van der Waals surface area (Å²) in [7, 11) is 1.92. The lowest BCUT2D eigenvalue weighted by atomic mass is 10.2. The fourth-order valence-corrected chi connectivity index (χ4v) is 3.33. The van der Waals surface area contributed by atoms with Crippen molar-refractivity contribution < 1.29 is 0 Å². The number of rotatable bonds is 4. The number of piperazine rings is 1. The maximum absolute atomic E-state index is 6.17. The van der Waals surface area contributed by atoms with Crippen molar-refractivity contribution in [1.82, 2.24) is 15.3 Å². The predicted molar refractivity (Wildman–Crippen MR) is 88.6 cm³/mol. The lowest BCUT2D eigenvalue weighted by Crippen LogP contribution is -2.46. The molecule has 5 nitrogen and oxygen atoms in total. The Balaban J connectivity index is 1.68. The van der Waals surface area contributed by atoms with Crippen molar-refractivity contribution in [3.8, 4) is 0 Å². The molecule has 1 fully saturated rings. The van der Waals surface area contributed by atoms with Crippen LogP contribution in [0.15, 0.2) is 23.8 Å². The molecule has 1 aliphatic heterocycles. The van der Waals surface area contributed by atoms with Gasteiger partial charge < -0.3 is 15.1 Å². The second-order valence-corrected chi connectivity index (χ2v) is 6.23. The Hall–Kier alpha value is -1.37. The van der Waals surface area contributed by atoms with E-state index >= 15 is 0 Å². The minimum Gasteiger partial charge on any atom is -0.353 e. The van der Waals surface area contributed by atoms with E-state index in [1.54, 1.807) is 17.5 Å². The van der Waals surface area contributed by atoms with Crippen LogP contribution < -0.4 is 15.1 Å². The number of pyridine rings is 1. The van der Waals surface area contributed by atoms with Crippen LogP contribution in [-0.2, 0) is 6.54 Å². The highest BCUT2D eigenvalue weighted by Gasteiger charge is 2.20. The van der Waals surface area contributed by atoms with Gasteiger partial charge in [-0.3, -0.25) is 0 Å². The van der Waals surface area contributed by atoms with Gasteiger partial charge in [0.25, 0.3) is 0 Å². The zero-order chi connectivity index (χ0) is 14.7. The van der Waals surface area contributed by atoms with Gasteiger partial charge in [-0.05, 0) is 18.7 Å². The van der Waals surface area contributed by atoms with E-state index in [2.05, 4.69) is 31.2 Å². The lowest BCUT2D eigenvalue weighted by molar-refractivity contribution is 0.645. The summed E-state index contributed by atoms with van der Waals surface area (Å²) in [5.74, 6) is 1.00. The molecule has 0 bridgehead atoms. The Morgan fingerprint density at radius 3 is 2.67 bits per heavy atom. The average Bonchev–Trinajstić information content (AvgIpc) is 3.04. The second kappa shape index (κ2) is 6.60. The summed E-state index contributed by atoms with van der Waals surface area (Å²) in [6, 6.07) is 2.08. The minimum absolute atomic E-state index is 0.717. The minimum atomic E-state index is 0.717. The lowest BCUT2D eigenvalue weighted by Gasteiger charge is -2.35. The van der Waals surface area contributed by atoms with Gasteiger partial charge in [0.2, 0.25) is 0 Å². The van der Waals surface area contributed by atoms with Gasteiger partial charge in [0.1, 0.15) is 5.82 Å². The molecule has 21 heavy (non-hydrogen) atoms. The largest absolute Gasteiger partial charge is 0.353 e. The Bertz CT molecular complexity index is 581. The van der Waals surface area contributed by atoms with Crippen LogP contribution in [0.3, 0.4) is 0 Å². The number of aromatic nitrogens is 2. The number of hydrogen-bond acceptors (Lipinski definition) is 6. The van der Waals surface area contributed by atoms with Crippen LogP contribution in [0, 0.1) is 0 Å². The maximum atomic E-state index is 6.17. The normalized spacial score (nSPS) is 15.5. The van der Waals surface area contributed by atoms with Crippen molar-refractivity contribution in [1.29, 1.82) is 0 Å². The summed E-state index contributed by atoms with van der Waals surface area (Å²) in [5.41, 5.74) is 1.09. The van der Waals surface area contributed by atoms with Crippen LogP contribution in [0.2, 0.25) is 5.02 Å². The molecular formula is C14H18ClN5S. The molecule has 112 valence electrons. The Morgan fingerprint density at radius 1 is 1.24 bits per heavy atom. The summed E-state index contributed by atoms with van der Waals surface area (Å²) in [6.07, 6.45) is 3.61. The first kappa shape index (κ1) is 14.6. The molecule has 0 unspecified atom stereocenters. The number of hydrogen-bond donors (Lipinski definition) is 1. The van der Waals surface area contributed by atoms with Gasteiger partial charge in [-0.15, -0.1) is 11.3 Å². The SMILES string of the molecule is CNCc1cc(N2CCN(c3nccs3)CC2)ncc1Cl. The fourth-order valence-electron chi connectivity index (χ4n) is 2.47. The van der Waals surface area contributed by atoms with Gasteiger partial charge in [-0.1, -0.05) is 11.6 Å². The zero-order valence-corrected chi connectivity index (χ0v) is 13.5. The van der Waals surface area contributed by atoms with Crippen molar-refractivity contribution in [2.75, 3.05) is 43.0 Å². The van der Waals surface area contributed by atoms with Crippen molar-refractivity contribution in [2.45, 2.75) is 6.54 Å². The van der Waals surface area contributed by atoms with Crippen LogP contribution in [0.5, 0.6) is 0 Å². The number of nitrogens with one attached hydrogen (secondary N) is 1. The topological polar surface area (TPSA) is 44.3 Å². The van der Waals surface area contributed by atoms with E-state index in [4.69, 9.17) is 11.6 Å². The van der Waals surface area contributed by atoms with E-state index in [1.165, 1.54) is 0 Å². The number of nitrogens with zero attached hydrogens (tertiary/aromatic N) is 4. The molecule has 2 aromatic heterocycles. The van der Waals surface area contributed by atoms with Crippen LogP contribution >= 0.6 is 22.9 Å². The third-order valence-electron chi connectivity index (χ3n) is 3.58. The molecule has 2 aromatic rings. The van der Waals surface area contributed by atoms with Crippen molar-refractivity contribution in [3.05, 3.63) is 34.4 Å². The molecule has 1 aliphatic rings. The number of thiazole rings is 1. The zero-order valence-electron chi connectivity index (χ0n) is 11.9. The Kier molecular flexibility index (Phi) is 4.57. The van der Waals surface area contributed by atoms with Crippen molar-refractivity contribution >= 4 is 33.9 Å². The van der Waals surface area contributed by atoms with E-state index in [0.717, 1.165) is 54.3 Å². The molecule has 0 aromatic carbocycles. The average molecular weight is 324 g/mol. The van der Waals surface area contributed by atoms with E-state index < -0.39 is 0 Å². The molecule has 0 saturated carbocycles. The van der Waals surface area contributed by atoms with E-state index in [1.807, 2.05) is 18.6 Å². The molecule has 1 N–H and O–H groups in total. The van der Waals surface area contributed by atoms with Gasteiger partial charge in [0.15, 0.2) is 5.13 Å².